The van der Waals surface area contributed by atoms with E-state index in [9.17, 15) is 0 Å². The minimum Gasteiger partial charge on any atom is -0.493 e. The van der Waals surface area contributed by atoms with Crippen molar-refractivity contribution in [3.05, 3.63) is 28.8 Å². The Balaban J connectivity index is 0.00000176. The van der Waals surface area contributed by atoms with E-state index in [1.54, 1.807) is 0 Å². The number of nitrogens with zero attached hydrogens (tertiary/aromatic N) is 1. The van der Waals surface area contributed by atoms with Gasteiger partial charge in [0.25, 0.3) is 0 Å². The Morgan fingerprint density at radius 3 is 2.77 bits per heavy atom. The van der Waals surface area contributed by atoms with Crippen LogP contribution in [0.5, 0.6) is 5.75 Å². The topological polar surface area (TPSA) is 38.5 Å². The number of hydrogen-bond acceptors (Lipinski definition) is 3. The van der Waals surface area contributed by atoms with Gasteiger partial charge in [-0.3, -0.25) is 4.90 Å². The predicted molar refractivity (Wildman–Crippen MR) is 94.0 cm³/mol. The van der Waals surface area contributed by atoms with Gasteiger partial charge in [0.2, 0.25) is 0 Å². The fourth-order valence-electron chi connectivity index (χ4n) is 3.03. The first kappa shape index (κ1) is 17.9. The largest absolute Gasteiger partial charge is 0.493 e. The van der Waals surface area contributed by atoms with Crippen LogP contribution in [0.15, 0.2) is 18.2 Å². The van der Waals surface area contributed by atoms with Crippen LogP contribution in [0.2, 0.25) is 5.02 Å². The Bertz CT molecular complexity index is 480. The lowest BCUT2D eigenvalue weighted by Gasteiger charge is -2.32. The third-order valence-corrected chi connectivity index (χ3v) is 4.76. The van der Waals surface area contributed by atoms with Crippen LogP contribution >= 0.6 is 24.0 Å². The van der Waals surface area contributed by atoms with Gasteiger partial charge in [-0.25, -0.2) is 0 Å². The number of likely N-dealkylation sites (tertiary alicyclic amines) is 1. The summed E-state index contributed by atoms with van der Waals surface area (Å²) < 4.78 is 6.00. The second-order valence-corrected chi connectivity index (χ2v) is 6.92. The summed E-state index contributed by atoms with van der Waals surface area (Å²) in [4.78, 5) is 2.48. The number of piperidine rings is 1. The molecular formula is C17H26Cl2N2O. The van der Waals surface area contributed by atoms with Crippen LogP contribution in [-0.2, 0) is 6.54 Å². The number of benzene rings is 1. The van der Waals surface area contributed by atoms with Crippen molar-refractivity contribution in [3.8, 4) is 5.75 Å². The van der Waals surface area contributed by atoms with Gasteiger partial charge in [-0.1, -0.05) is 11.6 Å². The molecule has 1 aliphatic heterocycles. The molecule has 1 aliphatic carbocycles. The molecule has 0 spiro atoms. The lowest BCUT2D eigenvalue weighted by molar-refractivity contribution is 0.168. The molecule has 1 saturated heterocycles. The van der Waals surface area contributed by atoms with Crippen molar-refractivity contribution in [2.75, 3.05) is 26.2 Å². The molecule has 124 valence electrons. The summed E-state index contributed by atoms with van der Waals surface area (Å²) in [5.74, 6) is 2.40. The molecule has 1 atom stereocenters. The lowest BCUT2D eigenvalue weighted by atomic mass is 9.98. The number of rotatable bonds is 6. The molecule has 1 unspecified atom stereocenters. The lowest BCUT2D eigenvalue weighted by Crippen LogP contribution is -2.37. The Labute approximate surface area is 144 Å². The highest BCUT2D eigenvalue weighted by Crippen LogP contribution is 2.32. The van der Waals surface area contributed by atoms with Gasteiger partial charge in [0, 0.05) is 23.7 Å². The fourth-order valence-corrected chi connectivity index (χ4v) is 3.23. The Kier molecular flexibility index (Phi) is 6.82. The minimum atomic E-state index is 0. The smallest absolute Gasteiger partial charge is 0.123 e. The average molecular weight is 345 g/mol. The molecule has 0 aromatic heterocycles. The van der Waals surface area contributed by atoms with E-state index >= 15 is 0 Å². The first-order valence-corrected chi connectivity index (χ1v) is 8.46. The van der Waals surface area contributed by atoms with Crippen molar-refractivity contribution < 1.29 is 4.74 Å². The molecule has 2 fully saturated rings. The Morgan fingerprint density at radius 2 is 2.05 bits per heavy atom. The van der Waals surface area contributed by atoms with Crippen LogP contribution in [0.4, 0.5) is 0 Å². The van der Waals surface area contributed by atoms with Crippen LogP contribution in [0, 0.1) is 11.8 Å². The van der Waals surface area contributed by atoms with Crippen molar-refractivity contribution in [1.82, 2.24) is 4.90 Å². The molecular weight excluding hydrogens is 319 g/mol. The van der Waals surface area contributed by atoms with Crippen LogP contribution in [0.1, 0.15) is 31.2 Å². The third-order valence-electron chi connectivity index (χ3n) is 4.52. The summed E-state index contributed by atoms with van der Waals surface area (Å²) in [6, 6.07) is 5.99. The molecule has 1 heterocycles. The van der Waals surface area contributed by atoms with Gasteiger partial charge >= 0.3 is 0 Å². The molecule has 0 amide bonds. The highest BCUT2D eigenvalue weighted by atomic mass is 35.5. The summed E-state index contributed by atoms with van der Waals surface area (Å²) in [5.41, 5.74) is 7.04. The standard InChI is InChI=1S/C17H25ClN2O.ClH/c18-16-5-6-17(21-12-13-3-4-13)15(8-16)11-20-7-1-2-14(9-19)10-20;/h5-6,8,13-14H,1-4,7,9-12,19H2;1H. The molecule has 1 aromatic rings. The van der Waals surface area contributed by atoms with Crippen molar-refractivity contribution in [2.24, 2.45) is 17.6 Å². The number of nitrogens with two attached hydrogens (primary N) is 1. The zero-order chi connectivity index (χ0) is 14.7. The molecule has 0 radical (unpaired) electrons. The summed E-state index contributed by atoms with van der Waals surface area (Å²) in [7, 11) is 0. The molecule has 22 heavy (non-hydrogen) atoms. The zero-order valence-electron chi connectivity index (χ0n) is 13.0. The maximum atomic E-state index is 6.17. The monoisotopic (exact) mass is 344 g/mol. The van der Waals surface area contributed by atoms with Crippen LogP contribution in [0.25, 0.3) is 0 Å². The quantitative estimate of drug-likeness (QED) is 0.854. The van der Waals surface area contributed by atoms with Crippen LogP contribution in [0.3, 0.4) is 0 Å². The van der Waals surface area contributed by atoms with E-state index in [0.29, 0.717) is 5.92 Å². The summed E-state index contributed by atoms with van der Waals surface area (Å²) in [5, 5.41) is 0.788. The summed E-state index contributed by atoms with van der Waals surface area (Å²) >= 11 is 6.17. The molecule has 0 bridgehead atoms. The molecule has 1 aromatic carbocycles. The second kappa shape index (κ2) is 8.39. The van der Waals surface area contributed by atoms with Gasteiger partial charge < -0.3 is 10.5 Å². The highest BCUT2D eigenvalue weighted by molar-refractivity contribution is 6.30. The zero-order valence-corrected chi connectivity index (χ0v) is 14.5. The normalized spacial score (nSPS) is 22.2. The summed E-state index contributed by atoms with van der Waals surface area (Å²) in [6.07, 6.45) is 5.12. The number of hydrogen-bond donors (Lipinski definition) is 1. The van der Waals surface area contributed by atoms with E-state index in [1.165, 1.54) is 31.2 Å². The molecule has 3 nitrogen and oxygen atoms in total. The van der Waals surface area contributed by atoms with E-state index in [4.69, 9.17) is 22.1 Å². The summed E-state index contributed by atoms with van der Waals surface area (Å²) in [6.45, 7) is 4.78. The third kappa shape index (κ3) is 5.02. The second-order valence-electron chi connectivity index (χ2n) is 6.49. The molecule has 2 aliphatic rings. The average Bonchev–Trinajstić information content (AvgIpc) is 3.31. The maximum absolute atomic E-state index is 6.17. The van der Waals surface area contributed by atoms with E-state index in [-0.39, 0.29) is 12.4 Å². The van der Waals surface area contributed by atoms with E-state index in [0.717, 1.165) is 49.5 Å². The molecule has 1 saturated carbocycles. The highest BCUT2D eigenvalue weighted by Gasteiger charge is 2.23. The molecule has 3 rings (SSSR count). The van der Waals surface area contributed by atoms with Crippen molar-refractivity contribution in [3.63, 3.8) is 0 Å². The van der Waals surface area contributed by atoms with Crippen molar-refractivity contribution >= 4 is 24.0 Å². The fraction of sp³-hybridized carbons (Fsp3) is 0.647. The molecule has 2 N–H and O–H groups in total. The van der Waals surface area contributed by atoms with E-state index < -0.39 is 0 Å². The van der Waals surface area contributed by atoms with Crippen molar-refractivity contribution in [1.29, 1.82) is 0 Å². The van der Waals surface area contributed by atoms with Gasteiger partial charge in [0.15, 0.2) is 0 Å². The molecule has 5 heteroatoms. The van der Waals surface area contributed by atoms with Crippen LogP contribution in [-0.4, -0.2) is 31.1 Å². The van der Waals surface area contributed by atoms with E-state index in [2.05, 4.69) is 11.0 Å². The van der Waals surface area contributed by atoms with Gasteiger partial charge in [-0.2, -0.15) is 0 Å². The van der Waals surface area contributed by atoms with Gasteiger partial charge in [0.05, 0.1) is 6.61 Å². The SMILES string of the molecule is Cl.NCC1CCCN(Cc2cc(Cl)ccc2OCC2CC2)C1. The first-order chi connectivity index (χ1) is 10.2. The van der Waals surface area contributed by atoms with Gasteiger partial charge in [0.1, 0.15) is 5.75 Å². The van der Waals surface area contributed by atoms with Gasteiger partial charge in [-0.05, 0) is 68.8 Å². The first-order valence-electron chi connectivity index (χ1n) is 8.08. The van der Waals surface area contributed by atoms with E-state index in [1.807, 2.05) is 12.1 Å². The van der Waals surface area contributed by atoms with Gasteiger partial charge in [-0.15, -0.1) is 12.4 Å². The predicted octanol–water partition coefficient (Wildman–Crippen LogP) is 3.72. The Hall–Kier alpha value is -0.480. The number of halogens is 2. The minimum absolute atomic E-state index is 0. The Morgan fingerprint density at radius 1 is 1.23 bits per heavy atom. The number of ether oxygens (including phenoxy) is 1. The van der Waals surface area contributed by atoms with Crippen molar-refractivity contribution in [2.45, 2.75) is 32.2 Å². The maximum Gasteiger partial charge on any atom is 0.123 e. The van der Waals surface area contributed by atoms with Crippen LogP contribution < -0.4 is 10.5 Å².